The second-order valence-electron chi connectivity index (χ2n) is 4.57. The van der Waals surface area contributed by atoms with Crippen LogP contribution in [0.1, 0.15) is 0 Å². The average Bonchev–Trinajstić information content (AvgIpc) is 3.00. The van der Waals surface area contributed by atoms with E-state index in [0.717, 1.165) is 16.7 Å². The summed E-state index contributed by atoms with van der Waals surface area (Å²) in [7, 11) is 0. The van der Waals surface area contributed by atoms with Crippen molar-refractivity contribution in [1.29, 1.82) is 0 Å². The number of thiophene rings is 1. The molecule has 1 N–H and O–H groups in total. The predicted octanol–water partition coefficient (Wildman–Crippen LogP) is 5.56. The molecule has 2 nitrogen and oxygen atoms in total. The molecule has 20 heavy (non-hydrogen) atoms. The zero-order valence-corrected chi connectivity index (χ0v) is 12.6. The Kier molecular flexibility index (Phi) is 2.70. The monoisotopic (exact) mass is 316 g/mol. The Labute approximate surface area is 129 Å². The summed E-state index contributed by atoms with van der Waals surface area (Å²) in [4.78, 5) is 3.22. The summed E-state index contributed by atoms with van der Waals surface area (Å²) in [6.45, 7) is 0. The van der Waals surface area contributed by atoms with Gasteiger partial charge in [0, 0.05) is 15.4 Å². The highest BCUT2D eigenvalue weighted by Crippen LogP contribution is 2.27. The summed E-state index contributed by atoms with van der Waals surface area (Å²) >= 11 is 13.3. The molecule has 0 aliphatic heterocycles. The van der Waals surface area contributed by atoms with Crippen molar-refractivity contribution in [2.45, 2.75) is 0 Å². The molecular formula is C15H9ClN2S2. The second-order valence-corrected chi connectivity index (χ2v) is 6.34. The maximum Gasteiger partial charge on any atom is 0.182 e. The van der Waals surface area contributed by atoms with Crippen LogP contribution >= 0.6 is 35.2 Å². The van der Waals surface area contributed by atoms with E-state index >= 15 is 0 Å². The van der Waals surface area contributed by atoms with Crippen molar-refractivity contribution in [3.63, 3.8) is 0 Å². The molecule has 5 heteroatoms. The lowest BCUT2D eigenvalue weighted by Gasteiger charge is -2.05. The first-order valence-electron chi connectivity index (χ1n) is 6.10. The molecule has 0 amide bonds. The number of rotatable bonds is 1. The molecule has 0 saturated heterocycles. The van der Waals surface area contributed by atoms with Gasteiger partial charge in [0.15, 0.2) is 4.77 Å². The summed E-state index contributed by atoms with van der Waals surface area (Å²) in [5.41, 5.74) is 3.04. The van der Waals surface area contributed by atoms with E-state index in [1.165, 1.54) is 10.1 Å². The largest absolute Gasteiger partial charge is 0.330 e. The number of hydrogen-bond acceptors (Lipinski definition) is 2. The first-order valence-corrected chi connectivity index (χ1v) is 7.77. The maximum absolute atomic E-state index is 6.11. The molecule has 2 aromatic carbocycles. The number of nitrogens with one attached hydrogen (secondary N) is 1. The zero-order chi connectivity index (χ0) is 13.7. The molecule has 0 bridgehead atoms. The van der Waals surface area contributed by atoms with Crippen molar-refractivity contribution in [2.24, 2.45) is 0 Å². The number of benzene rings is 2. The van der Waals surface area contributed by atoms with Crippen LogP contribution in [0.2, 0.25) is 5.02 Å². The topological polar surface area (TPSA) is 20.7 Å². The van der Waals surface area contributed by atoms with Crippen molar-refractivity contribution in [3.8, 4) is 5.69 Å². The Hall–Kier alpha value is -1.62. The Bertz CT molecular complexity index is 994. The molecule has 0 aliphatic rings. The van der Waals surface area contributed by atoms with Crippen molar-refractivity contribution < 1.29 is 0 Å². The number of hydrogen-bond donors (Lipinski definition) is 1. The molecule has 4 aromatic rings. The van der Waals surface area contributed by atoms with E-state index in [9.17, 15) is 0 Å². The second kappa shape index (κ2) is 4.45. The molecule has 0 aliphatic carbocycles. The minimum absolute atomic E-state index is 0.678. The Morgan fingerprint density at radius 2 is 2.00 bits per heavy atom. The highest BCUT2D eigenvalue weighted by molar-refractivity contribution is 7.71. The average molecular weight is 317 g/mol. The summed E-state index contributed by atoms with van der Waals surface area (Å²) in [5, 5.41) is 4.03. The lowest BCUT2D eigenvalue weighted by molar-refractivity contribution is 1.07. The van der Waals surface area contributed by atoms with Gasteiger partial charge in [-0.15, -0.1) is 11.3 Å². The summed E-state index contributed by atoms with van der Waals surface area (Å²) in [6, 6.07) is 14.2. The molecule has 0 spiro atoms. The highest BCUT2D eigenvalue weighted by Gasteiger charge is 2.08. The van der Waals surface area contributed by atoms with E-state index in [1.54, 1.807) is 11.3 Å². The fraction of sp³-hybridized carbons (Fsp3) is 0. The van der Waals surface area contributed by atoms with Gasteiger partial charge in [-0.3, -0.25) is 4.57 Å². The van der Waals surface area contributed by atoms with Crippen molar-refractivity contribution in [1.82, 2.24) is 9.55 Å². The van der Waals surface area contributed by atoms with E-state index in [2.05, 4.69) is 34.6 Å². The van der Waals surface area contributed by atoms with Crippen LogP contribution in [-0.4, -0.2) is 9.55 Å². The summed E-state index contributed by atoms with van der Waals surface area (Å²) in [5.74, 6) is 0. The Morgan fingerprint density at radius 3 is 2.90 bits per heavy atom. The molecule has 0 saturated carbocycles. The van der Waals surface area contributed by atoms with Crippen LogP contribution in [0.15, 0.2) is 47.8 Å². The number of aromatic nitrogens is 2. The fourth-order valence-corrected chi connectivity index (χ4v) is 3.68. The molecule has 98 valence electrons. The van der Waals surface area contributed by atoms with Gasteiger partial charge in [-0.2, -0.15) is 0 Å². The minimum atomic E-state index is 0.678. The Morgan fingerprint density at radius 1 is 1.10 bits per heavy atom. The van der Waals surface area contributed by atoms with Gasteiger partial charge < -0.3 is 4.98 Å². The molecule has 0 fully saturated rings. The van der Waals surface area contributed by atoms with Crippen molar-refractivity contribution in [2.75, 3.05) is 0 Å². The fourth-order valence-electron chi connectivity index (χ4n) is 2.43. The number of imidazole rings is 1. The zero-order valence-electron chi connectivity index (χ0n) is 10.3. The quantitative estimate of drug-likeness (QED) is 0.456. The van der Waals surface area contributed by atoms with Crippen LogP contribution in [0, 0.1) is 4.77 Å². The van der Waals surface area contributed by atoms with E-state index < -0.39 is 0 Å². The Balaban J connectivity index is 2.07. The lowest BCUT2D eigenvalue weighted by Crippen LogP contribution is -1.93. The molecule has 0 atom stereocenters. The molecule has 0 radical (unpaired) electrons. The number of H-pyrrole nitrogens is 1. The molecule has 4 rings (SSSR count). The molecule has 2 aromatic heterocycles. The normalized spacial score (nSPS) is 11.4. The van der Waals surface area contributed by atoms with Crippen LogP contribution in [0.5, 0.6) is 0 Å². The van der Waals surface area contributed by atoms with Crippen LogP contribution in [0.25, 0.3) is 26.8 Å². The minimum Gasteiger partial charge on any atom is -0.330 e. The van der Waals surface area contributed by atoms with Crippen LogP contribution in [0.4, 0.5) is 0 Å². The van der Waals surface area contributed by atoms with Gasteiger partial charge in [0.1, 0.15) is 0 Å². The van der Waals surface area contributed by atoms with Gasteiger partial charge >= 0.3 is 0 Å². The maximum atomic E-state index is 6.11. The number of fused-ring (bicyclic) bond motifs is 2. The van der Waals surface area contributed by atoms with E-state index in [4.69, 9.17) is 23.8 Å². The smallest absolute Gasteiger partial charge is 0.182 e. The molecule has 0 unspecified atom stereocenters. The number of halogens is 1. The predicted molar refractivity (Wildman–Crippen MR) is 88.9 cm³/mol. The number of nitrogens with zero attached hydrogens (tertiary/aromatic N) is 1. The van der Waals surface area contributed by atoms with Crippen molar-refractivity contribution >= 4 is 56.3 Å². The lowest BCUT2D eigenvalue weighted by atomic mass is 10.2. The summed E-state index contributed by atoms with van der Waals surface area (Å²) < 4.78 is 3.98. The molecule has 2 heterocycles. The number of aromatic amines is 1. The van der Waals surface area contributed by atoms with Gasteiger partial charge in [-0.05, 0) is 65.4 Å². The van der Waals surface area contributed by atoms with E-state index in [-0.39, 0.29) is 0 Å². The first kappa shape index (κ1) is 12.1. The van der Waals surface area contributed by atoms with Gasteiger partial charge in [0.2, 0.25) is 0 Å². The third-order valence-corrected chi connectivity index (χ3v) is 4.76. The van der Waals surface area contributed by atoms with Crippen LogP contribution in [0.3, 0.4) is 0 Å². The van der Waals surface area contributed by atoms with Gasteiger partial charge in [-0.25, -0.2) is 0 Å². The third kappa shape index (κ3) is 1.80. The first-order chi connectivity index (χ1) is 9.72. The third-order valence-electron chi connectivity index (χ3n) is 3.34. The van der Waals surface area contributed by atoms with E-state index in [0.29, 0.717) is 9.79 Å². The standard InChI is InChI=1S/C15H9ClN2S2/c16-10-1-3-12-13(8-10)18(15(19)17-12)11-2-4-14-9(7-11)5-6-20-14/h1-8H,(H,17,19). The van der Waals surface area contributed by atoms with Gasteiger partial charge in [-0.1, -0.05) is 11.6 Å². The van der Waals surface area contributed by atoms with Gasteiger partial charge in [0.25, 0.3) is 0 Å². The molecular weight excluding hydrogens is 308 g/mol. The van der Waals surface area contributed by atoms with Crippen LogP contribution in [-0.2, 0) is 0 Å². The van der Waals surface area contributed by atoms with Crippen molar-refractivity contribution in [3.05, 3.63) is 57.6 Å². The SMILES string of the molecule is S=c1[nH]c2ccc(Cl)cc2n1-c1ccc2sccc2c1. The van der Waals surface area contributed by atoms with Crippen LogP contribution < -0.4 is 0 Å². The highest BCUT2D eigenvalue weighted by atomic mass is 35.5. The van der Waals surface area contributed by atoms with Gasteiger partial charge in [0.05, 0.1) is 11.0 Å². The summed E-state index contributed by atoms with van der Waals surface area (Å²) in [6.07, 6.45) is 0. The van der Waals surface area contributed by atoms with E-state index in [1.807, 2.05) is 22.8 Å².